The molecule has 0 spiro atoms. The summed E-state index contributed by atoms with van der Waals surface area (Å²) in [4.78, 5) is 11.8. The third-order valence-corrected chi connectivity index (χ3v) is 4.65. The van der Waals surface area contributed by atoms with E-state index >= 15 is 0 Å². The van der Waals surface area contributed by atoms with Crippen LogP contribution in [0.4, 0.5) is 0 Å². The van der Waals surface area contributed by atoms with Crippen molar-refractivity contribution < 1.29 is 4.79 Å². The van der Waals surface area contributed by atoms with Gasteiger partial charge in [0.05, 0.1) is 0 Å². The molecule has 0 radical (unpaired) electrons. The number of hydrogen-bond acceptors (Lipinski definition) is 1. The molecule has 0 saturated carbocycles. The molecule has 0 aliphatic carbocycles. The number of fused-ring (bicyclic) bond motifs is 2. The number of benzene rings is 3. The van der Waals surface area contributed by atoms with Crippen LogP contribution in [0.15, 0.2) is 42.5 Å². The Morgan fingerprint density at radius 3 is 1.83 bits per heavy atom. The summed E-state index contributed by atoms with van der Waals surface area (Å²) < 4.78 is 0. The van der Waals surface area contributed by atoms with Gasteiger partial charge >= 0.3 is 0 Å². The summed E-state index contributed by atoms with van der Waals surface area (Å²) in [5, 5.41) is 5.31. The number of rotatable bonds is 5. The average Bonchev–Trinajstić information content (AvgIpc) is 2.57. The molecule has 3 rings (SSSR count). The predicted octanol–water partition coefficient (Wildman–Crippen LogP) is 6.10. The highest BCUT2D eigenvalue weighted by Gasteiger charge is 2.14. The maximum absolute atomic E-state index is 11.8. The zero-order valence-corrected chi connectivity index (χ0v) is 14.3. The lowest BCUT2D eigenvalue weighted by atomic mass is 9.87. The van der Waals surface area contributed by atoms with Gasteiger partial charge in [-0.2, -0.15) is 0 Å². The first-order valence-electron chi connectivity index (χ1n) is 8.64. The molecule has 0 unspecified atom stereocenters. The molecular weight excluding hydrogens is 280 g/mol. The lowest BCUT2D eigenvalue weighted by Gasteiger charge is -2.17. The Labute approximate surface area is 138 Å². The van der Waals surface area contributed by atoms with E-state index in [1.807, 2.05) is 6.07 Å². The molecule has 118 valence electrons. The summed E-state index contributed by atoms with van der Waals surface area (Å²) in [6.45, 7) is 6.09. The normalized spacial score (nSPS) is 11.3. The summed E-state index contributed by atoms with van der Waals surface area (Å²) >= 11 is 0. The van der Waals surface area contributed by atoms with Gasteiger partial charge in [-0.3, -0.25) is 4.79 Å². The predicted molar refractivity (Wildman–Crippen MR) is 99.4 cm³/mol. The van der Waals surface area contributed by atoms with E-state index in [2.05, 4.69) is 50.2 Å². The van der Waals surface area contributed by atoms with Crippen molar-refractivity contribution in [2.75, 3.05) is 0 Å². The van der Waals surface area contributed by atoms with Crippen LogP contribution in [-0.4, -0.2) is 5.78 Å². The van der Waals surface area contributed by atoms with E-state index in [0.717, 1.165) is 31.2 Å². The maximum Gasteiger partial charge on any atom is 0.159 e. The zero-order chi connectivity index (χ0) is 16.4. The Kier molecular flexibility index (Phi) is 4.47. The van der Waals surface area contributed by atoms with Crippen molar-refractivity contribution in [1.82, 2.24) is 0 Å². The molecule has 0 fully saturated rings. The second-order valence-electron chi connectivity index (χ2n) is 6.32. The molecule has 1 heteroatoms. The van der Waals surface area contributed by atoms with Crippen LogP contribution >= 0.6 is 0 Å². The topological polar surface area (TPSA) is 17.1 Å². The number of aryl methyl sites for hydroxylation is 2. The van der Waals surface area contributed by atoms with E-state index in [1.54, 1.807) is 6.92 Å². The van der Waals surface area contributed by atoms with Crippen molar-refractivity contribution >= 4 is 27.3 Å². The first kappa shape index (κ1) is 15.7. The minimum absolute atomic E-state index is 0.138. The maximum atomic E-state index is 11.8. The van der Waals surface area contributed by atoms with E-state index in [-0.39, 0.29) is 5.78 Å². The van der Waals surface area contributed by atoms with Crippen molar-refractivity contribution in [3.8, 4) is 0 Å². The molecule has 3 aromatic rings. The monoisotopic (exact) mass is 304 g/mol. The Hall–Kier alpha value is -2.15. The molecular formula is C22H24O. The average molecular weight is 304 g/mol. The van der Waals surface area contributed by atoms with Crippen LogP contribution in [0.3, 0.4) is 0 Å². The van der Waals surface area contributed by atoms with Gasteiger partial charge in [-0.1, -0.05) is 63.1 Å². The van der Waals surface area contributed by atoms with Gasteiger partial charge in [-0.05, 0) is 58.5 Å². The van der Waals surface area contributed by atoms with Crippen LogP contribution in [0.1, 0.15) is 55.1 Å². The van der Waals surface area contributed by atoms with Crippen LogP contribution in [0, 0.1) is 0 Å². The molecule has 0 aromatic heterocycles. The standard InChI is InChI=1S/C22H24O/c1-4-8-17-19-10-6-7-11-20(19)18(9-5-2)22-14-16(15(3)23)12-13-21(17)22/h6-7,10-14H,4-5,8-9H2,1-3H3. The van der Waals surface area contributed by atoms with E-state index in [9.17, 15) is 4.79 Å². The summed E-state index contributed by atoms with van der Waals surface area (Å²) in [6, 6.07) is 15.0. The molecule has 0 aliphatic heterocycles. The smallest absolute Gasteiger partial charge is 0.159 e. The molecule has 0 amide bonds. The largest absolute Gasteiger partial charge is 0.295 e. The molecule has 0 heterocycles. The Balaban J connectivity index is 2.47. The second kappa shape index (κ2) is 6.54. The molecule has 0 aliphatic rings. The first-order chi connectivity index (χ1) is 11.2. The van der Waals surface area contributed by atoms with Gasteiger partial charge < -0.3 is 0 Å². The first-order valence-corrected chi connectivity index (χ1v) is 8.64. The third-order valence-electron chi connectivity index (χ3n) is 4.65. The van der Waals surface area contributed by atoms with Crippen molar-refractivity contribution in [2.24, 2.45) is 0 Å². The number of Topliss-reactive ketones (excluding diaryl/α,β-unsaturated/α-hetero) is 1. The highest BCUT2D eigenvalue weighted by atomic mass is 16.1. The number of ketones is 1. The quantitative estimate of drug-likeness (QED) is 0.411. The number of carbonyl (C=O) groups is 1. The molecule has 3 aromatic carbocycles. The van der Waals surface area contributed by atoms with E-state index in [1.165, 1.54) is 32.7 Å². The van der Waals surface area contributed by atoms with Gasteiger partial charge in [0.25, 0.3) is 0 Å². The molecule has 23 heavy (non-hydrogen) atoms. The van der Waals surface area contributed by atoms with Gasteiger partial charge in [-0.15, -0.1) is 0 Å². The summed E-state index contributed by atoms with van der Waals surface area (Å²) in [5.74, 6) is 0.138. The molecule has 0 bridgehead atoms. The van der Waals surface area contributed by atoms with Crippen LogP contribution in [0.5, 0.6) is 0 Å². The Morgan fingerprint density at radius 1 is 0.783 bits per heavy atom. The zero-order valence-electron chi connectivity index (χ0n) is 14.3. The summed E-state index contributed by atoms with van der Waals surface area (Å²) in [5.41, 5.74) is 3.63. The van der Waals surface area contributed by atoms with Crippen molar-refractivity contribution in [3.05, 3.63) is 59.2 Å². The molecule has 0 saturated heterocycles. The fourth-order valence-electron chi connectivity index (χ4n) is 3.61. The van der Waals surface area contributed by atoms with E-state index in [4.69, 9.17) is 0 Å². The lowest BCUT2D eigenvalue weighted by molar-refractivity contribution is 0.101. The van der Waals surface area contributed by atoms with Gasteiger partial charge in [0, 0.05) is 5.56 Å². The number of carbonyl (C=O) groups excluding carboxylic acids is 1. The van der Waals surface area contributed by atoms with Gasteiger partial charge in [0.15, 0.2) is 5.78 Å². The highest BCUT2D eigenvalue weighted by molar-refractivity contribution is 6.08. The SMILES string of the molecule is CCCc1c2ccccc2c(CCC)c2cc(C(C)=O)ccc12. The Bertz CT molecular complexity index is 874. The molecule has 0 N–H and O–H groups in total. The van der Waals surface area contributed by atoms with Gasteiger partial charge in [0.2, 0.25) is 0 Å². The van der Waals surface area contributed by atoms with Gasteiger partial charge in [-0.25, -0.2) is 0 Å². The van der Waals surface area contributed by atoms with Crippen molar-refractivity contribution in [3.63, 3.8) is 0 Å². The highest BCUT2D eigenvalue weighted by Crippen LogP contribution is 2.35. The van der Waals surface area contributed by atoms with Crippen LogP contribution in [0.25, 0.3) is 21.5 Å². The Morgan fingerprint density at radius 2 is 1.30 bits per heavy atom. The summed E-state index contributed by atoms with van der Waals surface area (Å²) in [7, 11) is 0. The molecule has 0 atom stereocenters. The number of hydrogen-bond donors (Lipinski definition) is 0. The van der Waals surface area contributed by atoms with Crippen LogP contribution in [-0.2, 0) is 12.8 Å². The fourth-order valence-corrected chi connectivity index (χ4v) is 3.61. The second-order valence-corrected chi connectivity index (χ2v) is 6.32. The fraction of sp³-hybridized carbons (Fsp3) is 0.318. The van der Waals surface area contributed by atoms with Crippen LogP contribution < -0.4 is 0 Å². The van der Waals surface area contributed by atoms with E-state index in [0.29, 0.717) is 0 Å². The third kappa shape index (κ3) is 2.76. The minimum atomic E-state index is 0.138. The van der Waals surface area contributed by atoms with Crippen LogP contribution in [0.2, 0.25) is 0 Å². The van der Waals surface area contributed by atoms with E-state index < -0.39 is 0 Å². The van der Waals surface area contributed by atoms with Crippen molar-refractivity contribution in [2.45, 2.75) is 46.5 Å². The lowest BCUT2D eigenvalue weighted by Crippen LogP contribution is -1.98. The minimum Gasteiger partial charge on any atom is -0.295 e. The molecule has 1 nitrogen and oxygen atoms in total. The van der Waals surface area contributed by atoms with Gasteiger partial charge in [0.1, 0.15) is 0 Å². The van der Waals surface area contributed by atoms with Crippen molar-refractivity contribution in [1.29, 1.82) is 0 Å². The summed E-state index contributed by atoms with van der Waals surface area (Å²) in [6.07, 6.45) is 4.35.